The average molecular weight is 352 g/mol. The Morgan fingerprint density at radius 1 is 1.38 bits per heavy atom. The second-order valence-electron chi connectivity index (χ2n) is 6.41. The zero-order valence-electron chi connectivity index (χ0n) is 12.6. The van der Waals surface area contributed by atoms with Gasteiger partial charge in [0.15, 0.2) is 0 Å². The number of benzene rings is 1. The summed E-state index contributed by atoms with van der Waals surface area (Å²) in [6.07, 6.45) is 3.31. The molecule has 21 heavy (non-hydrogen) atoms. The molecular formula is C16H22BrN3O. The van der Waals surface area contributed by atoms with Crippen molar-refractivity contribution in [1.29, 1.82) is 0 Å². The summed E-state index contributed by atoms with van der Waals surface area (Å²) in [5.74, 6) is 0.367. The Kier molecular flexibility index (Phi) is 3.97. The molecule has 2 aliphatic rings. The van der Waals surface area contributed by atoms with Gasteiger partial charge >= 0.3 is 0 Å². The van der Waals surface area contributed by atoms with E-state index in [4.69, 9.17) is 0 Å². The van der Waals surface area contributed by atoms with Crippen molar-refractivity contribution in [2.75, 3.05) is 37.4 Å². The molecular weight excluding hydrogens is 330 g/mol. The maximum Gasteiger partial charge on any atom is 0.228 e. The van der Waals surface area contributed by atoms with E-state index in [0.29, 0.717) is 0 Å². The van der Waals surface area contributed by atoms with Crippen molar-refractivity contribution in [3.05, 3.63) is 22.7 Å². The molecule has 1 aromatic rings. The van der Waals surface area contributed by atoms with E-state index in [1.54, 1.807) is 0 Å². The molecule has 1 heterocycles. The first-order valence-electron chi connectivity index (χ1n) is 7.50. The van der Waals surface area contributed by atoms with Crippen LogP contribution in [-0.2, 0) is 4.79 Å². The van der Waals surface area contributed by atoms with Crippen LogP contribution in [0.1, 0.15) is 19.3 Å². The lowest BCUT2D eigenvalue weighted by molar-refractivity contribution is -0.118. The highest BCUT2D eigenvalue weighted by Gasteiger charge is 2.57. The average Bonchev–Trinajstić information content (AvgIpc) is 3.13. The predicted molar refractivity (Wildman–Crippen MR) is 89.7 cm³/mol. The Hall–Kier alpha value is -1.07. The third kappa shape index (κ3) is 2.94. The molecule has 1 atom stereocenters. The van der Waals surface area contributed by atoms with Gasteiger partial charge in [-0.2, -0.15) is 0 Å². The van der Waals surface area contributed by atoms with Crippen LogP contribution in [-0.4, -0.2) is 33.1 Å². The molecule has 1 unspecified atom stereocenters. The number of piperidine rings is 1. The third-order valence-electron chi connectivity index (χ3n) is 4.80. The summed E-state index contributed by atoms with van der Waals surface area (Å²) >= 11 is 3.48. The summed E-state index contributed by atoms with van der Waals surface area (Å²) in [5.41, 5.74) is 2.20. The van der Waals surface area contributed by atoms with Crippen LogP contribution in [0.4, 0.5) is 11.4 Å². The molecule has 1 aromatic carbocycles. The van der Waals surface area contributed by atoms with E-state index in [-0.39, 0.29) is 17.2 Å². The lowest BCUT2D eigenvalue weighted by Gasteiger charge is -2.23. The van der Waals surface area contributed by atoms with E-state index in [1.807, 2.05) is 37.2 Å². The molecule has 1 spiro atoms. The molecule has 1 saturated heterocycles. The molecule has 4 nitrogen and oxygen atoms in total. The molecule has 1 aliphatic carbocycles. The van der Waals surface area contributed by atoms with E-state index in [9.17, 15) is 4.79 Å². The quantitative estimate of drug-likeness (QED) is 0.879. The topological polar surface area (TPSA) is 44.4 Å². The van der Waals surface area contributed by atoms with Gasteiger partial charge in [-0.15, -0.1) is 0 Å². The minimum absolute atomic E-state index is 0.179. The van der Waals surface area contributed by atoms with Gasteiger partial charge in [-0.3, -0.25) is 4.79 Å². The summed E-state index contributed by atoms with van der Waals surface area (Å²) in [7, 11) is 3.98. The second-order valence-corrected chi connectivity index (χ2v) is 7.33. The highest BCUT2D eigenvalue weighted by atomic mass is 79.9. The number of hydrogen-bond acceptors (Lipinski definition) is 3. The van der Waals surface area contributed by atoms with E-state index in [0.717, 1.165) is 48.2 Å². The van der Waals surface area contributed by atoms with Crippen LogP contribution >= 0.6 is 15.9 Å². The third-order valence-corrected chi connectivity index (χ3v) is 5.30. The van der Waals surface area contributed by atoms with Gasteiger partial charge in [0.2, 0.25) is 5.91 Å². The fourth-order valence-corrected chi connectivity index (χ4v) is 3.77. The smallest absolute Gasteiger partial charge is 0.228 e. The molecule has 5 heteroatoms. The maximum atomic E-state index is 12.6. The van der Waals surface area contributed by atoms with E-state index >= 15 is 0 Å². The largest absolute Gasteiger partial charge is 0.376 e. The van der Waals surface area contributed by atoms with Crippen molar-refractivity contribution in [2.24, 2.45) is 11.3 Å². The number of carbonyl (C=O) groups excluding carboxylic acids is 1. The van der Waals surface area contributed by atoms with Crippen molar-refractivity contribution in [2.45, 2.75) is 19.3 Å². The number of amides is 1. The Labute approximate surface area is 134 Å². The van der Waals surface area contributed by atoms with Crippen LogP contribution in [0.3, 0.4) is 0 Å². The highest BCUT2D eigenvalue weighted by molar-refractivity contribution is 9.10. The minimum Gasteiger partial charge on any atom is -0.376 e. The SMILES string of the molecule is CN(C)c1ccc(Br)cc1NC(=O)C1CC12CCNCC2. The van der Waals surface area contributed by atoms with Crippen LogP contribution in [0, 0.1) is 11.3 Å². The lowest BCUT2D eigenvalue weighted by atomic mass is 9.92. The van der Waals surface area contributed by atoms with Crippen molar-refractivity contribution < 1.29 is 4.79 Å². The van der Waals surface area contributed by atoms with E-state index in [1.165, 1.54) is 0 Å². The molecule has 1 amide bonds. The molecule has 114 valence electrons. The number of halogens is 1. The number of nitrogens with one attached hydrogen (secondary N) is 2. The molecule has 1 aliphatic heterocycles. The summed E-state index contributed by atoms with van der Waals surface area (Å²) in [4.78, 5) is 14.6. The van der Waals surface area contributed by atoms with Crippen molar-refractivity contribution in [1.82, 2.24) is 5.32 Å². The van der Waals surface area contributed by atoms with Crippen molar-refractivity contribution in [3.63, 3.8) is 0 Å². The zero-order chi connectivity index (χ0) is 15.0. The summed E-state index contributed by atoms with van der Waals surface area (Å²) in [6, 6.07) is 5.99. The van der Waals surface area contributed by atoms with Crippen LogP contribution in [0.15, 0.2) is 22.7 Å². The Bertz CT molecular complexity index is 552. The van der Waals surface area contributed by atoms with Gasteiger partial charge in [0, 0.05) is 24.5 Å². The fraction of sp³-hybridized carbons (Fsp3) is 0.562. The van der Waals surface area contributed by atoms with Crippen LogP contribution in [0.5, 0.6) is 0 Å². The molecule has 0 bridgehead atoms. The number of nitrogens with zero attached hydrogens (tertiary/aromatic N) is 1. The van der Waals surface area contributed by atoms with Crippen LogP contribution in [0.2, 0.25) is 0 Å². The van der Waals surface area contributed by atoms with Gasteiger partial charge in [0.1, 0.15) is 0 Å². The van der Waals surface area contributed by atoms with Crippen LogP contribution < -0.4 is 15.5 Å². The normalized spacial score (nSPS) is 22.9. The van der Waals surface area contributed by atoms with Gasteiger partial charge in [0.25, 0.3) is 0 Å². The summed E-state index contributed by atoms with van der Waals surface area (Å²) < 4.78 is 0.982. The first-order valence-corrected chi connectivity index (χ1v) is 8.30. The number of carbonyl (C=O) groups is 1. The minimum atomic E-state index is 0.179. The number of rotatable bonds is 3. The molecule has 0 aromatic heterocycles. The van der Waals surface area contributed by atoms with Gasteiger partial charge < -0.3 is 15.5 Å². The fourth-order valence-electron chi connectivity index (χ4n) is 3.41. The predicted octanol–water partition coefficient (Wildman–Crippen LogP) is 2.84. The van der Waals surface area contributed by atoms with Gasteiger partial charge in [-0.05, 0) is 56.0 Å². The standard InChI is InChI=1S/C16H22BrN3O/c1-20(2)14-4-3-11(17)9-13(14)19-15(21)12-10-16(12)5-7-18-8-6-16/h3-4,9,12,18H,5-8,10H2,1-2H3,(H,19,21). The second kappa shape index (κ2) is 5.61. The lowest BCUT2D eigenvalue weighted by Crippen LogP contribution is -2.31. The first-order chi connectivity index (χ1) is 10.0. The summed E-state index contributed by atoms with van der Waals surface area (Å²) in [6.45, 7) is 2.09. The maximum absolute atomic E-state index is 12.6. The van der Waals surface area contributed by atoms with Gasteiger partial charge in [0.05, 0.1) is 11.4 Å². The highest BCUT2D eigenvalue weighted by Crippen LogP contribution is 2.58. The number of anilines is 2. The van der Waals surface area contributed by atoms with E-state index in [2.05, 4.69) is 26.6 Å². The molecule has 2 N–H and O–H groups in total. The molecule has 0 radical (unpaired) electrons. The Balaban J connectivity index is 1.72. The Morgan fingerprint density at radius 2 is 2.10 bits per heavy atom. The van der Waals surface area contributed by atoms with E-state index < -0.39 is 0 Å². The van der Waals surface area contributed by atoms with Gasteiger partial charge in [-0.25, -0.2) is 0 Å². The number of hydrogen-bond donors (Lipinski definition) is 2. The van der Waals surface area contributed by atoms with Crippen LogP contribution in [0.25, 0.3) is 0 Å². The Morgan fingerprint density at radius 3 is 2.76 bits per heavy atom. The van der Waals surface area contributed by atoms with Gasteiger partial charge in [-0.1, -0.05) is 15.9 Å². The molecule has 3 rings (SSSR count). The molecule has 1 saturated carbocycles. The molecule has 2 fully saturated rings. The van der Waals surface area contributed by atoms with Crippen molar-refractivity contribution >= 4 is 33.2 Å². The van der Waals surface area contributed by atoms with Crippen molar-refractivity contribution in [3.8, 4) is 0 Å². The monoisotopic (exact) mass is 351 g/mol. The first kappa shape index (κ1) is 14.9. The summed E-state index contributed by atoms with van der Waals surface area (Å²) in [5, 5.41) is 6.51. The zero-order valence-corrected chi connectivity index (χ0v) is 14.2.